The summed E-state index contributed by atoms with van der Waals surface area (Å²) in [5.41, 5.74) is 0.732. The van der Waals surface area contributed by atoms with Gasteiger partial charge in [-0.15, -0.1) is 11.3 Å². The van der Waals surface area contributed by atoms with E-state index in [1.807, 2.05) is 0 Å². The fourth-order valence-corrected chi connectivity index (χ4v) is 1.36. The molecule has 0 saturated carbocycles. The average molecular weight is 201 g/mol. The van der Waals surface area contributed by atoms with E-state index in [1.165, 1.54) is 18.4 Å². The molecule has 2 nitrogen and oxygen atoms in total. The molecular weight excluding hydrogens is 196 g/mol. The van der Waals surface area contributed by atoms with Gasteiger partial charge in [-0.2, -0.15) is 0 Å². The number of carbonyl (C=O) groups excluding carboxylic acids is 1. The lowest BCUT2D eigenvalue weighted by Crippen LogP contribution is -1.94. The molecule has 1 aromatic rings. The SMILES string of the molecule is COC(=O)C#Cc1csc(Cl)c1. The molecule has 1 heterocycles. The minimum Gasteiger partial charge on any atom is -0.459 e. The Morgan fingerprint density at radius 3 is 3.00 bits per heavy atom. The lowest BCUT2D eigenvalue weighted by Gasteiger charge is -1.83. The zero-order chi connectivity index (χ0) is 8.97. The monoisotopic (exact) mass is 200 g/mol. The van der Waals surface area contributed by atoms with Crippen molar-refractivity contribution in [3.8, 4) is 11.8 Å². The van der Waals surface area contributed by atoms with E-state index in [-0.39, 0.29) is 0 Å². The van der Waals surface area contributed by atoms with Gasteiger partial charge in [-0.05, 0) is 6.07 Å². The smallest absolute Gasteiger partial charge is 0.384 e. The molecule has 0 N–H and O–H groups in total. The molecule has 0 unspecified atom stereocenters. The van der Waals surface area contributed by atoms with Crippen LogP contribution in [0.5, 0.6) is 0 Å². The van der Waals surface area contributed by atoms with Gasteiger partial charge in [-0.25, -0.2) is 4.79 Å². The number of hydrogen-bond acceptors (Lipinski definition) is 3. The molecule has 1 aromatic heterocycles. The lowest BCUT2D eigenvalue weighted by molar-refractivity contribution is -0.133. The predicted octanol–water partition coefficient (Wildman–Crippen LogP) is 1.93. The quantitative estimate of drug-likeness (QED) is 0.473. The van der Waals surface area contributed by atoms with E-state index >= 15 is 0 Å². The second kappa shape index (κ2) is 4.15. The van der Waals surface area contributed by atoms with E-state index < -0.39 is 5.97 Å². The molecule has 12 heavy (non-hydrogen) atoms. The van der Waals surface area contributed by atoms with Gasteiger partial charge in [0.05, 0.1) is 11.4 Å². The summed E-state index contributed by atoms with van der Waals surface area (Å²) in [6, 6.07) is 1.70. The van der Waals surface area contributed by atoms with Crippen molar-refractivity contribution in [1.82, 2.24) is 0 Å². The summed E-state index contributed by atoms with van der Waals surface area (Å²) in [5.74, 6) is 4.37. The molecule has 62 valence electrons. The average Bonchev–Trinajstić information content (AvgIpc) is 2.47. The minimum absolute atomic E-state index is 0.544. The number of thiophene rings is 1. The third kappa shape index (κ3) is 2.57. The van der Waals surface area contributed by atoms with Crippen LogP contribution in [0.15, 0.2) is 11.4 Å². The summed E-state index contributed by atoms with van der Waals surface area (Å²) in [4.78, 5) is 10.6. The Morgan fingerprint density at radius 1 is 1.75 bits per heavy atom. The molecule has 1 rings (SSSR count). The Morgan fingerprint density at radius 2 is 2.50 bits per heavy atom. The summed E-state index contributed by atoms with van der Waals surface area (Å²) in [7, 11) is 1.29. The van der Waals surface area contributed by atoms with Crippen LogP contribution in [0.2, 0.25) is 4.34 Å². The van der Waals surface area contributed by atoms with Crippen molar-refractivity contribution in [2.24, 2.45) is 0 Å². The van der Waals surface area contributed by atoms with Gasteiger partial charge in [-0.3, -0.25) is 0 Å². The topological polar surface area (TPSA) is 26.3 Å². The molecule has 0 spiro atoms. The van der Waals surface area contributed by atoms with Crippen molar-refractivity contribution in [2.45, 2.75) is 0 Å². The molecule has 0 aliphatic carbocycles. The highest BCUT2D eigenvalue weighted by atomic mass is 35.5. The van der Waals surface area contributed by atoms with Crippen LogP contribution in [-0.4, -0.2) is 13.1 Å². The Balaban J connectivity index is 2.73. The largest absolute Gasteiger partial charge is 0.459 e. The number of methoxy groups -OCH3 is 1. The highest BCUT2D eigenvalue weighted by Crippen LogP contribution is 2.18. The maximum atomic E-state index is 10.6. The van der Waals surface area contributed by atoms with E-state index in [1.54, 1.807) is 11.4 Å². The Hall–Kier alpha value is -0.980. The third-order valence-electron chi connectivity index (χ3n) is 1.06. The second-order valence-electron chi connectivity index (χ2n) is 1.88. The first-order valence-electron chi connectivity index (χ1n) is 3.06. The van der Waals surface area contributed by atoms with Crippen LogP contribution >= 0.6 is 22.9 Å². The van der Waals surface area contributed by atoms with Gasteiger partial charge in [-0.1, -0.05) is 17.5 Å². The molecule has 0 aliphatic rings. The predicted molar refractivity (Wildman–Crippen MR) is 48.2 cm³/mol. The fraction of sp³-hybridized carbons (Fsp3) is 0.125. The first-order chi connectivity index (χ1) is 5.72. The molecule has 0 saturated heterocycles. The van der Waals surface area contributed by atoms with Crippen LogP contribution < -0.4 is 0 Å². The minimum atomic E-state index is -0.544. The third-order valence-corrected chi connectivity index (χ3v) is 2.15. The first kappa shape index (κ1) is 9.11. The normalized spacial score (nSPS) is 8.50. The zero-order valence-electron chi connectivity index (χ0n) is 6.26. The lowest BCUT2D eigenvalue weighted by atomic mass is 10.3. The van der Waals surface area contributed by atoms with Crippen LogP contribution in [0.1, 0.15) is 5.56 Å². The van der Waals surface area contributed by atoms with E-state index in [4.69, 9.17) is 11.6 Å². The zero-order valence-corrected chi connectivity index (χ0v) is 7.83. The molecule has 0 atom stereocenters. The highest BCUT2D eigenvalue weighted by Gasteiger charge is 1.93. The molecule has 0 bridgehead atoms. The van der Waals surface area contributed by atoms with E-state index in [2.05, 4.69) is 16.6 Å². The van der Waals surface area contributed by atoms with Crippen molar-refractivity contribution in [3.05, 3.63) is 21.3 Å². The summed E-state index contributed by atoms with van der Waals surface area (Å²) >= 11 is 7.02. The number of halogens is 1. The van der Waals surface area contributed by atoms with Crippen molar-refractivity contribution in [1.29, 1.82) is 0 Å². The van der Waals surface area contributed by atoms with Gasteiger partial charge in [0.25, 0.3) is 0 Å². The van der Waals surface area contributed by atoms with Crippen LogP contribution in [-0.2, 0) is 9.53 Å². The molecular formula is C8H5ClO2S. The van der Waals surface area contributed by atoms with Gasteiger partial charge in [0.15, 0.2) is 0 Å². The summed E-state index contributed by atoms with van der Waals surface area (Å²) < 4.78 is 4.99. The van der Waals surface area contributed by atoms with Crippen LogP contribution in [0, 0.1) is 11.8 Å². The molecule has 0 aliphatic heterocycles. The Bertz CT molecular complexity index is 345. The maximum Gasteiger partial charge on any atom is 0.384 e. The van der Waals surface area contributed by atoms with Gasteiger partial charge in [0.1, 0.15) is 0 Å². The van der Waals surface area contributed by atoms with Crippen LogP contribution in [0.25, 0.3) is 0 Å². The number of ether oxygens (including phenoxy) is 1. The molecule has 0 amide bonds. The Labute approximate surface area is 79.1 Å². The Kier molecular flexibility index (Phi) is 3.15. The van der Waals surface area contributed by atoms with Crippen molar-refractivity contribution < 1.29 is 9.53 Å². The van der Waals surface area contributed by atoms with E-state index in [0.717, 1.165) is 5.56 Å². The number of hydrogen-bond donors (Lipinski definition) is 0. The van der Waals surface area contributed by atoms with Crippen LogP contribution in [0.4, 0.5) is 0 Å². The number of rotatable bonds is 0. The van der Waals surface area contributed by atoms with E-state index in [9.17, 15) is 4.79 Å². The van der Waals surface area contributed by atoms with Crippen molar-refractivity contribution >= 4 is 28.9 Å². The summed E-state index contributed by atoms with van der Waals surface area (Å²) in [5, 5.41) is 1.78. The maximum absolute atomic E-state index is 10.6. The molecule has 0 aromatic carbocycles. The van der Waals surface area contributed by atoms with Crippen LogP contribution in [0.3, 0.4) is 0 Å². The highest BCUT2D eigenvalue weighted by molar-refractivity contribution is 7.14. The molecule has 0 radical (unpaired) electrons. The number of esters is 1. The van der Waals surface area contributed by atoms with Crippen molar-refractivity contribution in [2.75, 3.05) is 7.11 Å². The van der Waals surface area contributed by atoms with Gasteiger partial charge >= 0.3 is 5.97 Å². The number of carbonyl (C=O) groups is 1. The van der Waals surface area contributed by atoms with Gasteiger partial charge in [0, 0.05) is 16.9 Å². The second-order valence-corrected chi connectivity index (χ2v) is 3.42. The fourth-order valence-electron chi connectivity index (χ4n) is 0.550. The van der Waals surface area contributed by atoms with Crippen molar-refractivity contribution in [3.63, 3.8) is 0 Å². The summed E-state index contributed by atoms with van der Waals surface area (Å²) in [6.45, 7) is 0. The molecule has 0 fully saturated rings. The molecule has 4 heteroatoms. The van der Waals surface area contributed by atoms with Gasteiger partial charge < -0.3 is 4.74 Å². The summed E-state index contributed by atoms with van der Waals surface area (Å²) in [6.07, 6.45) is 0. The van der Waals surface area contributed by atoms with Gasteiger partial charge in [0.2, 0.25) is 0 Å². The van der Waals surface area contributed by atoms with E-state index in [0.29, 0.717) is 4.34 Å². The first-order valence-corrected chi connectivity index (χ1v) is 4.32. The standard InChI is InChI=1S/C8H5ClO2S/c1-11-8(10)3-2-6-4-7(9)12-5-6/h4-5H,1H3.